The maximum absolute atomic E-state index is 13.3. The highest BCUT2D eigenvalue weighted by atomic mass is 19.1. The van der Waals surface area contributed by atoms with Crippen LogP contribution in [0.3, 0.4) is 0 Å². The van der Waals surface area contributed by atoms with Crippen molar-refractivity contribution in [3.05, 3.63) is 59.4 Å². The molecule has 0 aromatic heterocycles. The summed E-state index contributed by atoms with van der Waals surface area (Å²) in [6.07, 6.45) is 0.457. The van der Waals surface area contributed by atoms with Gasteiger partial charge in [-0.15, -0.1) is 0 Å². The summed E-state index contributed by atoms with van der Waals surface area (Å²) in [4.78, 5) is 10.8. The van der Waals surface area contributed by atoms with Crippen LogP contribution in [0, 0.1) is 5.82 Å². The number of rotatable bonds is 5. The van der Waals surface area contributed by atoms with Gasteiger partial charge < -0.3 is 9.47 Å². The van der Waals surface area contributed by atoms with Crippen molar-refractivity contribution in [1.29, 1.82) is 0 Å². The third-order valence-corrected chi connectivity index (χ3v) is 2.68. The van der Waals surface area contributed by atoms with Crippen LogP contribution in [0.5, 0.6) is 11.5 Å². The van der Waals surface area contributed by atoms with E-state index in [9.17, 15) is 9.18 Å². The summed E-state index contributed by atoms with van der Waals surface area (Å²) in [6.45, 7) is 0.258. The highest BCUT2D eigenvalue weighted by molar-refractivity contribution is 5.79. The molecule has 0 saturated heterocycles. The largest absolute Gasteiger partial charge is 0.497 e. The summed E-state index contributed by atoms with van der Waals surface area (Å²) < 4.78 is 23.9. The molecule has 0 aliphatic rings. The summed E-state index contributed by atoms with van der Waals surface area (Å²) in [5.41, 5.74) is 0.845. The average molecular weight is 260 g/mol. The lowest BCUT2D eigenvalue weighted by Crippen LogP contribution is -2.00. The molecule has 98 valence electrons. The Labute approximate surface area is 110 Å². The van der Waals surface area contributed by atoms with E-state index >= 15 is 0 Å². The predicted molar refractivity (Wildman–Crippen MR) is 69.1 cm³/mol. The molecule has 0 radical (unpaired) electrons. The van der Waals surface area contributed by atoms with E-state index < -0.39 is 5.82 Å². The summed E-state index contributed by atoms with van der Waals surface area (Å²) in [5.74, 6) is 0.413. The van der Waals surface area contributed by atoms with Crippen LogP contribution in [-0.2, 0) is 6.61 Å². The van der Waals surface area contributed by atoms with E-state index in [-0.39, 0.29) is 17.9 Å². The zero-order valence-corrected chi connectivity index (χ0v) is 10.4. The highest BCUT2D eigenvalue weighted by Gasteiger charge is 2.08. The summed E-state index contributed by atoms with van der Waals surface area (Å²) in [5, 5.41) is 0. The Morgan fingerprint density at radius 1 is 1.16 bits per heavy atom. The van der Waals surface area contributed by atoms with E-state index in [4.69, 9.17) is 9.47 Å². The first kappa shape index (κ1) is 13.1. The molecule has 0 aliphatic carbocycles. The Balaban J connectivity index is 2.09. The molecule has 0 fully saturated rings. The van der Waals surface area contributed by atoms with Gasteiger partial charge in [0.1, 0.15) is 23.9 Å². The van der Waals surface area contributed by atoms with E-state index in [1.165, 1.54) is 12.1 Å². The molecule has 0 N–H and O–H groups in total. The second-order valence-corrected chi connectivity index (χ2v) is 3.91. The second-order valence-electron chi connectivity index (χ2n) is 3.91. The molecule has 0 aliphatic heterocycles. The fourth-order valence-electron chi connectivity index (χ4n) is 1.64. The minimum Gasteiger partial charge on any atom is -0.497 e. The smallest absolute Gasteiger partial charge is 0.156 e. The van der Waals surface area contributed by atoms with Crippen molar-refractivity contribution < 1.29 is 18.7 Å². The van der Waals surface area contributed by atoms with Crippen molar-refractivity contribution in [2.24, 2.45) is 0 Å². The van der Waals surface area contributed by atoms with Crippen LogP contribution in [0.25, 0.3) is 0 Å². The van der Waals surface area contributed by atoms with Crippen molar-refractivity contribution in [1.82, 2.24) is 0 Å². The maximum atomic E-state index is 13.3. The van der Waals surface area contributed by atoms with E-state index in [0.29, 0.717) is 6.29 Å². The number of methoxy groups -OCH3 is 1. The van der Waals surface area contributed by atoms with Crippen LogP contribution >= 0.6 is 0 Å². The lowest BCUT2D eigenvalue weighted by Gasteiger charge is -2.09. The molecular formula is C15H13FO3. The SMILES string of the molecule is COc1ccc(COc2cccc(F)c2C=O)cc1. The molecule has 0 unspecified atom stereocenters. The Kier molecular flexibility index (Phi) is 4.13. The third kappa shape index (κ3) is 3.10. The van der Waals surface area contributed by atoms with Crippen molar-refractivity contribution >= 4 is 6.29 Å². The van der Waals surface area contributed by atoms with E-state index in [1.807, 2.05) is 24.3 Å². The molecule has 2 rings (SSSR count). The summed E-state index contributed by atoms with van der Waals surface area (Å²) >= 11 is 0. The van der Waals surface area contributed by atoms with Crippen LogP contribution in [0.4, 0.5) is 4.39 Å². The van der Waals surface area contributed by atoms with Gasteiger partial charge in [-0.3, -0.25) is 4.79 Å². The summed E-state index contributed by atoms with van der Waals surface area (Å²) in [7, 11) is 1.59. The highest BCUT2D eigenvalue weighted by Crippen LogP contribution is 2.21. The summed E-state index contributed by atoms with van der Waals surface area (Å²) in [6, 6.07) is 11.6. The van der Waals surface area contributed by atoms with Gasteiger partial charge in [0.25, 0.3) is 0 Å². The van der Waals surface area contributed by atoms with Crippen LogP contribution in [0.1, 0.15) is 15.9 Å². The quantitative estimate of drug-likeness (QED) is 0.774. The molecule has 4 heteroatoms. The predicted octanol–water partition coefficient (Wildman–Crippen LogP) is 3.23. The van der Waals surface area contributed by atoms with Crippen LogP contribution in [0.2, 0.25) is 0 Å². The zero-order valence-electron chi connectivity index (χ0n) is 10.4. The van der Waals surface area contributed by atoms with Gasteiger partial charge in [0.2, 0.25) is 0 Å². The van der Waals surface area contributed by atoms with Gasteiger partial charge in [0.15, 0.2) is 6.29 Å². The first-order chi connectivity index (χ1) is 9.24. The molecule has 0 bridgehead atoms. The fourth-order valence-corrected chi connectivity index (χ4v) is 1.64. The number of hydrogen-bond acceptors (Lipinski definition) is 3. The second kappa shape index (κ2) is 6.00. The van der Waals surface area contributed by atoms with Crippen molar-refractivity contribution in [2.75, 3.05) is 7.11 Å². The number of carbonyl (C=O) groups is 1. The molecule has 19 heavy (non-hydrogen) atoms. The van der Waals surface area contributed by atoms with Crippen LogP contribution < -0.4 is 9.47 Å². The maximum Gasteiger partial charge on any atom is 0.156 e. The van der Waals surface area contributed by atoms with Gasteiger partial charge in [-0.1, -0.05) is 18.2 Å². The minimum atomic E-state index is -0.581. The lowest BCUT2D eigenvalue weighted by molar-refractivity contribution is 0.111. The zero-order chi connectivity index (χ0) is 13.7. The minimum absolute atomic E-state index is 0.0592. The number of halogens is 1. The Bertz CT molecular complexity index is 564. The number of aldehydes is 1. The van der Waals surface area contributed by atoms with Crippen molar-refractivity contribution in [2.45, 2.75) is 6.61 Å². The molecule has 0 atom stereocenters. The number of hydrogen-bond donors (Lipinski definition) is 0. The average Bonchev–Trinajstić information content (AvgIpc) is 2.45. The normalized spacial score (nSPS) is 10.0. The number of carbonyl (C=O) groups excluding carboxylic acids is 1. The van der Waals surface area contributed by atoms with Gasteiger partial charge in [-0.25, -0.2) is 4.39 Å². The van der Waals surface area contributed by atoms with Crippen molar-refractivity contribution in [3.8, 4) is 11.5 Å². The lowest BCUT2D eigenvalue weighted by atomic mass is 10.2. The first-order valence-electron chi connectivity index (χ1n) is 5.74. The monoisotopic (exact) mass is 260 g/mol. The molecule has 0 spiro atoms. The van der Waals surface area contributed by atoms with Gasteiger partial charge >= 0.3 is 0 Å². The van der Waals surface area contributed by atoms with Crippen molar-refractivity contribution in [3.63, 3.8) is 0 Å². The van der Waals surface area contributed by atoms with E-state index in [2.05, 4.69) is 0 Å². The Hall–Kier alpha value is -2.36. The van der Waals surface area contributed by atoms with Gasteiger partial charge in [0.05, 0.1) is 12.7 Å². The topological polar surface area (TPSA) is 35.5 Å². The molecule has 0 saturated carbocycles. The Morgan fingerprint density at radius 2 is 1.89 bits per heavy atom. The molecule has 2 aromatic carbocycles. The van der Waals surface area contributed by atoms with Gasteiger partial charge in [-0.05, 0) is 29.8 Å². The number of benzene rings is 2. The molecule has 2 aromatic rings. The van der Waals surface area contributed by atoms with E-state index in [1.54, 1.807) is 13.2 Å². The van der Waals surface area contributed by atoms with Crippen LogP contribution in [0.15, 0.2) is 42.5 Å². The first-order valence-corrected chi connectivity index (χ1v) is 5.74. The van der Waals surface area contributed by atoms with Gasteiger partial charge in [0, 0.05) is 0 Å². The number of ether oxygens (including phenoxy) is 2. The Morgan fingerprint density at radius 3 is 2.53 bits per heavy atom. The van der Waals surface area contributed by atoms with Crippen LogP contribution in [-0.4, -0.2) is 13.4 Å². The van der Waals surface area contributed by atoms with Gasteiger partial charge in [-0.2, -0.15) is 0 Å². The van der Waals surface area contributed by atoms with E-state index in [0.717, 1.165) is 11.3 Å². The molecule has 0 heterocycles. The third-order valence-electron chi connectivity index (χ3n) is 2.68. The standard InChI is InChI=1S/C15H13FO3/c1-18-12-7-5-11(6-8-12)10-19-15-4-2-3-14(16)13(15)9-17/h2-9H,10H2,1H3. The molecule has 0 amide bonds. The fraction of sp³-hybridized carbons (Fsp3) is 0.133. The molecular weight excluding hydrogens is 247 g/mol. The molecule has 3 nitrogen and oxygen atoms in total.